The number of halogens is 1. The van der Waals surface area contributed by atoms with Crippen LogP contribution in [-0.4, -0.2) is 31.8 Å². The van der Waals surface area contributed by atoms with E-state index in [-0.39, 0.29) is 10.6 Å². The second-order valence-electron chi connectivity index (χ2n) is 6.59. The van der Waals surface area contributed by atoms with Crippen LogP contribution in [0.15, 0.2) is 52.7 Å². The number of aromatic nitrogens is 2. The summed E-state index contributed by atoms with van der Waals surface area (Å²) in [5.41, 5.74) is 2.80. The molecule has 0 fully saturated rings. The van der Waals surface area contributed by atoms with Crippen LogP contribution in [0.2, 0.25) is 0 Å². The van der Waals surface area contributed by atoms with Gasteiger partial charge in [-0.1, -0.05) is 12.1 Å². The third-order valence-electron chi connectivity index (χ3n) is 4.44. The Hall–Kier alpha value is -2.62. The van der Waals surface area contributed by atoms with E-state index in [1.807, 2.05) is 12.3 Å². The second kappa shape index (κ2) is 7.90. The molecule has 0 atom stereocenters. The van der Waals surface area contributed by atoms with E-state index in [4.69, 9.17) is 9.72 Å². The first-order valence-electron chi connectivity index (χ1n) is 8.84. The minimum atomic E-state index is -3.30. The number of aryl methyl sites for hydroxylation is 1. The third-order valence-corrected chi connectivity index (χ3v) is 7.46. The van der Waals surface area contributed by atoms with Crippen molar-refractivity contribution in [3.8, 4) is 38.1 Å². The lowest BCUT2D eigenvalue weighted by Crippen LogP contribution is -1.96. The number of rotatable bonds is 5. The Morgan fingerprint density at radius 1 is 1.03 bits per heavy atom. The molecule has 0 radical (unpaired) electrons. The van der Waals surface area contributed by atoms with Gasteiger partial charge in [0.05, 0.1) is 27.6 Å². The average molecular weight is 461 g/mol. The molecule has 0 amide bonds. The number of benzene rings is 2. The first-order chi connectivity index (χ1) is 14.3. The van der Waals surface area contributed by atoms with Gasteiger partial charge in [-0.2, -0.15) is 0 Å². The SMILES string of the molecule is COc1ccc(-c2sc(-c3csc(C)n3)nc2-c2ccc(S(C)(=O)=O)cc2)cc1F. The van der Waals surface area contributed by atoms with Crippen LogP contribution in [0.4, 0.5) is 4.39 Å². The minimum absolute atomic E-state index is 0.165. The van der Waals surface area contributed by atoms with Gasteiger partial charge in [0.1, 0.15) is 10.7 Å². The molecule has 30 heavy (non-hydrogen) atoms. The van der Waals surface area contributed by atoms with E-state index in [9.17, 15) is 12.8 Å². The van der Waals surface area contributed by atoms with E-state index >= 15 is 0 Å². The highest BCUT2D eigenvalue weighted by Crippen LogP contribution is 2.41. The van der Waals surface area contributed by atoms with Crippen molar-refractivity contribution in [3.63, 3.8) is 0 Å². The molecule has 0 spiro atoms. The lowest BCUT2D eigenvalue weighted by atomic mass is 10.1. The van der Waals surface area contributed by atoms with E-state index < -0.39 is 15.7 Å². The minimum Gasteiger partial charge on any atom is -0.494 e. The Bertz CT molecular complexity index is 1330. The van der Waals surface area contributed by atoms with Crippen molar-refractivity contribution in [2.45, 2.75) is 11.8 Å². The van der Waals surface area contributed by atoms with E-state index in [0.717, 1.165) is 21.1 Å². The maximum atomic E-state index is 14.4. The first kappa shape index (κ1) is 20.6. The number of sulfone groups is 1. The Morgan fingerprint density at radius 3 is 2.30 bits per heavy atom. The van der Waals surface area contributed by atoms with E-state index in [0.29, 0.717) is 16.3 Å². The van der Waals surface area contributed by atoms with Crippen molar-refractivity contribution in [2.75, 3.05) is 13.4 Å². The Morgan fingerprint density at radius 2 is 1.73 bits per heavy atom. The van der Waals surface area contributed by atoms with Crippen LogP contribution in [0.25, 0.3) is 32.4 Å². The zero-order valence-electron chi connectivity index (χ0n) is 16.3. The maximum Gasteiger partial charge on any atom is 0.175 e. The molecule has 0 bridgehead atoms. The summed E-state index contributed by atoms with van der Waals surface area (Å²) >= 11 is 2.94. The lowest BCUT2D eigenvalue weighted by Gasteiger charge is -2.06. The number of thiazole rings is 2. The monoisotopic (exact) mass is 460 g/mol. The van der Waals surface area contributed by atoms with Crippen molar-refractivity contribution in [3.05, 3.63) is 58.7 Å². The molecule has 2 heterocycles. The zero-order valence-corrected chi connectivity index (χ0v) is 18.8. The average Bonchev–Trinajstić information content (AvgIpc) is 3.34. The summed E-state index contributed by atoms with van der Waals surface area (Å²) in [5.74, 6) is -0.300. The summed E-state index contributed by atoms with van der Waals surface area (Å²) < 4.78 is 43.0. The first-order valence-corrected chi connectivity index (χ1v) is 12.4. The van der Waals surface area contributed by atoms with Crippen LogP contribution >= 0.6 is 22.7 Å². The van der Waals surface area contributed by atoms with E-state index in [2.05, 4.69) is 4.98 Å². The van der Waals surface area contributed by atoms with Crippen LogP contribution in [0.1, 0.15) is 5.01 Å². The summed E-state index contributed by atoms with van der Waals surface area (Å²) in [7, 11) is -1.88. The highest BCUT2D eigenvalue weighted by Gasteiger charge is 2.19. The lowest BCUT2D eigenvalue weighted by molar-refractivity contribution is 0.386. The Kier molecular flexibility index (Phi) is 5.44. The molecule has 2 aromatic heterocycles. The summed E-state index contributed by atoms with van der Waals surface area (Å²) in [5, 5.41) is 3.58. The highest BCUT2D eigenvalue weighted by atomic mass is 32.2. The molecule has 0 saturated heterocycles. The van der Waals surface area contributed by atoms with Crippen LogP contribution in [0.5, 0.6) is 5.75 Å². The topological polar surface area (TPSA) is 69.2 Å². The van der Waals surface area contributed by atoms with Gasteiger partial charge in [0.2, 0.25) is 0 Å². The van der Waals surface area contributed by atoms with Crippen LogP contribution in [0, 0.1) is 12.7 Å². The molecule has 154 valence electrons. The molecule has 5 nitrogen and oxygen atoms in total. The van der Waals surface area contributed by atoms with Crippen LogP contribution in [0.3, 0.4) is 0 Å². The van der Waals surface area contributed by atoms with Gasteiger partial charge < -0.3 is 4.74 Å². The molecule has 4 aromatic rings. The molecule has 0 unspecified atom stereocenters. The van der Waals surface area contributed by atoms with Crippen LogP contribution < -0.4 is 4.74 Å². The fraction of sp³-hybridized carbons (Fsp3) is 0.143. The third kappa shape index (κ3) is 4.00. The number of ether oxygens (including phenoxy) is 1. The van der Waals surface area contributed by atoms with Gasteiger partial charge in [-0.15, -0.1) is 22.7 Å². The van der Waals surface area contributed by atoms with Gasteiger partial charge in [-0.3, -0.25) is 0 Å². The van der Waals surface area contributed by atoms with Crippen molar-refractivity contribution in [1.29, 1.82) is 0 Å². The molecular weight excluding hydrogens is 443 g/mol. The van der Waals surface area contributed by atoms with E-state index in [1.54, 1.807) is 36.4 Å². The molecule has 0 saturated carbocycles. The van der Waals surface area contributed by atoms with Crippen molar-refractivity contribution >= 4 is 32.5 Å². The Balaban J connectivity index is 1.88. The molecular formula is C21H17FN2O3S3. The molecule has 0 aliphatic rings. The molecule has 9 heteroatoms. The molecule has 0 aliphatic heterocycles. The number of hydrogen-bond acceptors (Lipinski definition) is 7. The highest BCUT2D eigenvalue weighted by molar-refractivity contribution is 7.90. The summed E-state index contributed by atoms with van der Waals surface area (Å²) in [6, 6.07) is 11.3. The molecule has 4 rings (SSSR count). The Labute approximate surface area is 181 Å². The van der Waals surface area contributed by atoms with Gasteiger partial charge in [0, 0.05) is 17.2 Å². The zero-order chi connectivity index (χ0) is 21.5. The van der Waals surface area contributed by atoms with Gasteiger partial charge in [-0.25, -0.2) is 22.8 Å². The van der Waals surface area contributed by atoms with Crippen molar-refractivity contribution < 1.29 is 17.5 Å². The van der Waals surface area contributed by atoms with E-state index in [1.165, 1.54) is 42.1 Å². The van der Waals surface area contributed by atoms with Gasteiger partial charge in [0.15, 0.2) is 21.4 Å². The number of methoxy groups -OCH3 is 1. The summed E-state index contributed by atoms with van der Waals surface area (Å²) in [4.78, 5) is 10.3. The molecule has 0 aliphatic carbocycles. The van der Waals surface area contributed by atoms with Gasteiger partial charge >= 0.3 is 0 Å². The second-order valence-corrected chi connectivity index (χ2v) is 10.7. The summed E-state index contributed by atoms with van der Waals surface area (Å²) in [6.45, 7) is 1.92. The summed E-state index contributed by atoms with van der Waals surface area (Å²) in [6.07, 6.45) is 1.17. The largest absolute Gasteiger partial charge is 0.494 e. The quantitative estimate of drug-likeness (QED) is 0.396. The fourth-order valence-corrected chi connectivity index (χ4v) is 5.30. The van der Waals surface area contributed by atoms with Crippen molar-refractivity contribution in [2.24, 2.45) is 0 Å². The number of hydrogen-bond donors (Lipinski definition) is 0. The molecule has 0 N–H and O–H groups in total. The standard InChI is InChI=1S/C21H17FN2O3S3/c1-12-23-17(11-28-12)21-24-19(13-4-7-15(8-5-13)30(3,25)26)20(29-21)14-6-9-18(27-2)16(22)10-14/h4-11H,1-3H3. The van der Waals surface area contributed by atoms with Gasteiger partial charge in [-0.05, 0) is 42.8 Å². The smallest absolute Gasteiger partial charge is 0.175 e. The molecule has 2 aromatic carbocycles. The maximum absolute atomic E-state index is 14.4. The van der Waals surface area contributed by atoms with Crippen molar-refractivity contribution in [1.82, 2.24) is 9.97 Å². The normalized spacial score (nSPS) is 11.6. The number of nitrogens with zero attached hydrogens (tertiary/aromatic N) is 2. The predicted octanol–water partition coefficient (Wildman–Crippen LogP) is 5.46. The fourth-order valence-electron chi connectivity index (χ4n) is 2.95. The van der Waals surface area contributed by atoms with Crippen LogP contribution in [-0.2, 0) is 9.84 Å². The van der Waals surface area contributed by atoms with Gasteiger partial charge in [0.25, 0.3) is 0 Å². The predicted molar refractivity (Wildman–Crippen MR) is 118 cm³/mol.